The molecule has 0 saturated carbocycles. The van der Waals surface area contributed by atoms with Gasteiger partial charge in [0.25, 0.3) is 0 Å². The van der Waals surface area contributed by atoms with E-state index >= 15 is 0 Å². The number of tetrazole rings is 1. The van der Waals surface area contributed by atoms with Crippen molar-refractivity contribution in [3.8, 4) is 11.1 Å². The number of ketones is 1. The molecule has 0 radical (unpaired) electrons. The first-order chi connectivity index (χ1) is 14.1. The van der Waals surface area contributed by atoms with Gasteiger partial charge in [-0.3, -0.25) is 4.79 Å². The fraction of sp³-hybridized carbons (Fsp3) is 0.0435. The molecule has 0 saturated heterocycles. The van der Waals surface area contributed by atoms with Gasteiger partial charge in [0.15, 0.2) is 11.4 Å². The number of rotatable bonds is 3. The minimum absolute atomic E-state index is 0. The monoisotopic (exact) mass is 434 g/mol. The molecule has 0 aliphatic rings. The van der Waals surface area contributed by atoms with Crippen molar-refractivity contribution in [2.24, 2.45) is 0 Å². The van der Waals surface area contributed by atoms with E-state index in [1.54, 1.807) is 34.8 Å². The average molecular weight is 435 g/mol. The molecule has 2 heterocycles. The highest BCUT2D eigenvalue weighted by Crippen LogP contribution is 2.32. The maximum absolute atomic E-state index is 13.0. The minimum Gasteiger partial charge on any atom is -0.289 e. The topological polar surface area (TPSA) is 60.2 Å². The molecular formula is C23H16Cl2N4O. The van der Waals surface area contributed by atoms with Crippen LogP contribution in [0, 0.1) is 0 Å². The van der Waals surface area contributed by atoms with Crippen LogP contribution >= 0.6 is 23.2 Å². The zero-order chi connectivity index (χ0) is 20.0. The number of hydrogen-bond acceptors (Lipinski definition) is 4. The first kappa shape index (κ1) is 20.0. The molecule has 5 aromatic rings. The van der Waals surface area contributed by atoms with Crippen LogP contribution in [-0.4, -0.2) is 25.8 Å². The summed E-state index contributed by atoms with van der Waals surface area (Å²) in [6.45, 7) is 0. The Labute approximate surface area is 182 Å². The predicted molar refractivity (Wildman–Crippen MR) is 120 cm³/mol. The van der Waals surface area contributed by atoms with Gasteiger partial charge in [-0.2, -0.15) is 4.52 Å². The van der Waals surface area contributed by atoms with Crippen molar-refractivity contribution in [3.63, 3.8) is 0 Å². The summed E-state index contributed by atoms with van der Waals surface area (Å²) in [5.74, 6) is -0.0857. The van der Waals surface area contributed by atoms with Gasteiger partial charge in [0.2, 0.25) is 0 Å². The maximum Gasteiger partial charge on any atom is 0.193 e. The van der Waals surface area contributed by atoms with Crippen molar-refractivity contribution in [3.05, 3.63) is 94.0 Å². The third kappa shape index (κ3) is 3.43. The van der Waals surface area contributed by atoms with Gasteiger partial charge in [0.05, 0.1) is 5.52 Å². The Hall–Kier alpha value is -3.28. The van der Waals surface area contributed by atoms with Crippen LogP contribution in [0.2, 0.25) is 10.0 Å². The second kappa shape index (κ2) is 7.86. The molecule has 0 N–H and O–H groups in total. The van der Waals surface area contributed by atoms with Gasteiger partial charge >= 0.3 is 0 Å². The second-order valence-corrected chi connectivity index (χ2v) is 7.46. The Bertz CT molecular complexity index is 1390. The number of pyridine rings is 1. The smallest absolute Gasteiger partial charge is 0.193 e. The lowest BCUT2D eigenvalue weighted by atomic mass is 9.96. The van der Waals surface area contributed by atoms with Crippen molar-refractivity contribution in [2.75, 3.05) is 0 Å². The lowest BCUT2D eigenvalue weighted by Crippen LogP contribution is -2.02. The highest BCUT2D eigenvalue weighted by Gasteiger charge is 2.15. The molecule has 2 aromatic heterocycles. The molecule has 0 spiro atoms. The van der Waals surface area contributed by atoms with Gasteiger partial charge in [0.1, 0.15) is 0 Å². The fourth-order valence-electron chi connectivity index (χ4n) is 3.40. The van der Waals surface area contributed by atoms with E-state index in [0.717, 1.165) is 22.0 Å². The molecule has 0 atom stereocenters. The number of nitrogens with zero attached hydrogens (tertiary/aromatic N) is 4. The molecule has 0 unspecified atom stereocenters. The largest absolute Gasteiger partial charge is 0.289 e. The lowest BCUT2D eigenvalue weighted by molar-refractivity contribution is 0.103. The van der Waals surface area contributed by atoms with E-state index in [0.29, 0.717) is 26.8 Å². The zero-order valence-electron chi connectivity index (χ0n) is 14.9. The van der Waals surface area contributed by atoms with Crippen molar-refractivity contribution in [1.29, 1.82) is 0 Å². The number of aromatic nitrogens is 4. The van der Waals surface area contributed by atoms with Crippen molar-refractivity contribution >= 4 is 45.5 Å². The van der Waals surface area contributed by atoms with E-state index in [-0.39, 0.29) is 13.2 Å². The quantitative estimate of drug-likeness (QED) is 0.321. The summed E-state index contributed by atoms with van der Waals surface area (Å²) in [7, 11) is 0. The molecule has 30 heavy (non-hydrogen) atoms. The summed E-state index contributed by atoms with van der Waals surface area (Å²) in [6.07, 6.45) is 0. The van der Waals surface area contributed by atoms with Crippen LogP contribution in [0.25, 0.3) is 27.7 Å². The third-order valence-corrected chi connectivity index (χ3v) is 5.27. The SMILES string of the molecule is C.O=C(c1ccc(Cl)cc1)c1ccc2c(c1)c(-c1cccc(Cl)c1)cc1nnnn12. The predicted octanol–water partition coefficient (Wildman–Crippen LogP) is 6.12. The Morgan fingerprint density at radius 1 is 0.833 bits per heavy atom. The van der Waals surface area contributed by atoms with Crippen LogP contribution in [0.1, 0.15) is 23.3 Å². The van der Waals surface area contributed by atoms with Gasteiger partial charge < -0.3 is 0 Å². The number of hydrogen-bond donors (Lipinski definition) is 0. The fourth-order valence-corrected chi connectivity index (χ4v) is 3.72. The Morgan fingerprint density at radius 3 is 2.37 bits per heavy atom. The molecule has 0 amide bonds. The van der Waals surface area contributed by atoms with Crippen LogP contribution in [0.4, 0.5) is 0 Å². The van der Waals surface area contributed by atoms with E-state index < -0.39 is 0 Å². The molecule has 3 aromatic carbocycles. The average Bonchev–Trinajstić information content (AvgIpc) is 3.22. The van der Waals surface area contributed by atoms with Gasteiger partial charge in [-0.25, -0.2) is 0 Å². The number of fused-ring (bicyclic) bond motifs is 3. The Morgan fingerprint density at radius 2 is 1.60 bits per heavy atom. The first-order valence-corrected chi connectivity index (χ1v) is 9.57. The number of benzene rings is 3. The summed E-state index contributed by atoms with van der Waals surface area (Å²) < 4.78 is 1.65. The van der Waals surface area contributed by atoms with Crippen LogP contribution in [0.15, 0.2) is 72.8 Å². The standard InChI is InChI=1S/C22H12Cl2N4O.CH4/c23-16-7-4-13(5-8-16)22(29)15-6-9-20-19(11-15)18(12-21-25-26-27-28(20)21)14-2-1-3-17(24)10-14;/h1-12H;1H4. The molecule has 7 heteroatoms. The van der Waals surface area contributed by atoms with Crippen molar-refractivity contribution < 1.29 is 4.79 Å². The summed E-state index contributed by atoms with van der Waals surface area (Å²) >= 11 is 12.2. The first-order valence-electron chi connectivity index (χ1n) is 8.81. The molecular weight excluding hydrogens is 419 g/mol. The lowest BCUT2D eigenvalue weighted by Gasteiger charge is -2.10. The summed E-state index contributed by atoms with van der Waals surface area (Å²) in [5, 5.41) is 14.0. The number of halogens is 2. The summed E-state index contributed by atoms with van der Waals surface area (Å²) in [5.41, 5.74) is 4.37. The third-order valence-electron chi connectivity index (χ3n) is 4.79. The molecule has 5 nitrogen and oxygen atoms in total. The molecule has 0 fully saturated rings. The van der Waals surface area contributed by atoms with E-state index in [1.165, 1.54) is 0 Å². The molecule has 0 aliphatic heterocycles. The van der Waals surface area contributed by atoms with E-state index in [2.05, 4.69) is 15.5 Å². The van der Waals surface area contributed by atoms with E-state index in [9.17, 15) is 4.79 Å². The Kier molecular flexibility index (Phi) is 5.24. The summed E-state index contributed by atoms with van der Waals surface area (Å²) in [6, 6.07) is 21.8. The molecule has 5 rings (SSSR count). The van der Waals surface area contributed by atoms with Gasteiger partial charge in [-0.1, -0.05) is 42.8 Å². The van der Waals surface area contributed by atoms with Crippen LogP contribution < -0.4 is 0 Å². The highest BCUT2D eigenvalue weighted by atomic mass is 35.5. The highest BCUT2D eigenvalue weighted by molar-refractivity contribution is 6.31. The minimum atomic E-state index is -0.0857. The zero-order valence-corrected chi connectivity index (χ0v) is 16.4. The van der Waals surface area contributed by atoms with Crippen LogP contribution in [0.5, 0.6) is 0 Å². The summed E-state index contributed by atoms with van der Waals surface area (Å²) in [4.78, 5) is 13.0. The van der Waals surface area contributed by atoms with E-state index in [1.807, 2.05) is 42.5 Å². The van der Waals surface area contributed by atoms with Crippen LogP contribution in [0.3, 0.4) is 0 Å². The van der Waals surface area contributed by atoms with Crippen molar-refractivity contribution in [2.45, 2.75) is 7.43 Å². The normalized spacial score (nSPS) is 10.9. The number of carbonyl (C=O) groups is 1. The maximum atomic E-state index is 13.0. The van der Waals surface area contributed by atoms with Gasteiger partial charge in [0, 0.05) is 26.6 Å². The van der Waals surface area contributed by atoms with Crippen molar-refractivity contribution in [1.82, 2.24) is 20.0 Å². The van der Waals surface area contributed by atoms with Gasteiger partial charge in [-0.15, -0.1) is 5.10 Å². The van der Waals surface area contributed by atoms with Crippen LogP contribution in [-0.2, 0) is 0 Å². The van der Waals surface area contributed by atoms with Gasteiger partial charge in [-0.05, 0) is 82.2 Å². The second-order valence-electron chi connectivity index (χ2n) is 6.59. The molecule has 148 valence electrons. The number of carbonyl (C=O) groups excluding carboxylic acids is 1. The molecule has 0 aliphatic carbocycles. The van der Waals surface area contributed by atoms with E-state index in [4.69, 9.17) is 23.2 Å². The Balaban J connectivity index is 0.00000218. The molecule has 0 bridgehead atoms.